The summed E-state index contributed by atoms with van der Waals surface area (Å²) in [5.74, 6) is -0.767. The maximum absolute atomic E-state index is 14.2. The Morgan fingerprint density at radius 2 is 1.62 bits per heavy atom. The van der Waals surface area contributed by atoms with Crippen LogP contribution < -0.4 is 14.4 Å². The number of rotatable bonds is 13. The first kappa shape index (κ1) is 33.5. The summed E-state index contributed by atoms with van der Waals surface area (Å²) in [6, 6.07) is 16.1. The molecule has 0 unspecified atom stereocenters. The van der Waals surface area contributed by atoms with E-state index in [1.807, 2.05) is 13.8 Å². The van der Waals surface area contributed by atoms with Gasteiger partial charge in [0.25, 0.3) is 10.0 Å². The summed E-state index contributed by atoms with van der Waals surface area (Å²) in [4.78, 5) is 28.9. The van der Waals surface area contributed by atoms with Gasteiger partial charge in [0, 0.05) is 17.6 Å². The third kappa shape index (κ3) is 8.10. The number of methoxy groups -OCH3 is 1. The minimum atomic E-state index is -4.28. The highest BCUT2D eigenvalue weighted by molar-refractivity contribution is 7.92. The summed E-state index contributed by atoms with van der Waals surface area (Å²) < 4.78 is 34.4. The van der Waals surface area contributed by atoms with Crippen molar-refractivity contribution in [2.45, 2.75) is 57.1 Å². The molecule has 226 valence electrons. The van der Waals surface area contributed by atoms with Crippen LogP contribution in [-0.2, 0) is 26.2 Å². The van der Waals surface area contributed by atoms with Gasteiger partial charge in [-0.1, -0.05) is 72.9 Å². The Balaban J connectivity index is 2.13. The van der Waals surface area contributed by atoms with Gasteiger partial charge in [0.1, 0.15) is 18.3 Å². The second-order valence-electron chi connectivity index (χ2n) is 9.65. The molecule has 3 aromatic rings. The van der Waals surface area contributed by atoms with E-state index >= 15 is 0 Å². The molecule has 3 rings (SSSR count). The number of sulfonamides is 1. The summed E-state index contributed by atoms with van der Waals surface area (Å²) >= 11 is 18.6. The summed E-state index contributed by atoms with van der Waals surface area (Å²) in [5, 5.41) is 3.82. The first-order valence-electron chi connectivity index (χ1n) is 13.4. The quantitative estimate of drug-likeness (QED) is 0.225. The van der Waals surface area contributed by atoms with E-state index in [9.17, 15) is 18.0 Å². The highest BCUT2D eigenvalue weighted by Crippen LogP contribution is 2.35. The van der Waals surface area contributed by atoms with E-state index in [0.717, 1.165) is 4.31 Å². The Bertz CT molecular complexity index is 1510. The van der Waals surface area contributed by atoms with E-state index in [1.165, 1.54) is 36.3 Å². The van der Waals surface area contributed by atoms with Gasteiger partial charge in [0.2, 0.25) is 11.8 Å². The molecule has 0 saturated heterocycles. The van der Waals surface area contributed by atoms with Crippen molar-refractivity contribution >= 4 is 62.3 Å². The van der Waals surface area contributed by atoms with Crippen molar-refractivity contribution in [1.82, 2.24) is 10.2 Å². The van der Waals surface area contributed by atoms with Crippen LogP contribution >= 0.6 is 34.8 Å². The van der Waals surface area contributed by atoms with Crippen LogP contribution in [0.4, 0.5) is 5.69 Å². The minimum Gasteiger partial charge on any atom is -0.495 e. The number of nitrogens with zero attached hydrogens (tertiary/aromatic N) is 2. The largest absolute Gasteiger partial charge is 0.495 e. The van der Waals surface area contributed by atoms with Gasteiger partial charge in [-0.2, -0.15) is 0 Å². The molecule has 0 aliphatic heterocycles. The molecule has 0 heterocycles. The number of halogens is 3. The highest BCUT2D eigenvalue weighted by Gasteiger charge is 2.35. The van der Waals surface area contributed by atoms with Gasteiger partial charge in [0.05, 0.1) is 27.7 Å². The molecule has 0 radical (unpaired) electrons. The molecular weight excluding hydrogens is 621 g/mol. The van der Waals surface area contributed by atoms with Crippen LogP contribution in [-0.4, -0.2) is 50.9 Å². The summed E-state index contributed by atoms with van der Waals surface area (Å²) in [6.07, 6.45) is 0.974. The normalized spacial score (nSPS) is 12.7. The second kappa shape index (κ2) is 15.0. The van der Waals surface area contributed by atoms with Crippen LogP contribution in [0.1, 0.15) is 39.2 Å². The Morgan fingerprint density at radius 3 is 2.21 bits per heavy atom. The minimum absolute atomic E-state index is 0.0198. The summed E-state index contributed by atoms with van der Waals surface area (Å²) in [5.41, 5.74) is 0.694. The van der Waals surface area contributed by atoms with Gasteiger partial charge in [0.15, 0.2) is 0 Å². The van der Waals surface area contributed by atoms with E-state index < -0.39 is 28.5 Å². The molecule has 0 aromatic heterocycles. The molecule has 2 amide bonds. The molecular formula is C30H34Cl3N3O5S. The Kier molecular flexibility index (Phi) is 11.9. The number of carbonyl (C=O) groups excluding carboxylic acids is 2. The van der Waals surface area contributed by atoms with Crippen molar-refractivity contribution in [3.8, 4) is 5.75 Å². The molecule has 1 N–H and O–H groups in total. The topological polar surface area (TPSA) is 96.0 Å². The lowest BCUT2D eigenvalue weighted by Crippen LogP contribution is -2.53. The average Bonchev–Trinajstić information content (AvgIpc) is 2.97. The van der Waals surface area contributed by atoms with Crippen LogP contribution in [0.3, 0.4) is 0 Å². The van der Waals surface area contributed by atoms with Crippen LogP contribution in [0, 0.1) is 0 Å². The Morgan fingerprint density at radius 1 is 0.929 bits per heavy atom. The van der Waals surface area contributed by atoms with E-state index in [1.54, 1.807) is 49.4 Å². The summed E-state index contributed by atoms with van der Waals surface area (Å²) in [7, 11) is -2.89. The molecule has 42 heavy (non-hydrogen) atoms. The van der Waals surface area contributed by atoms with Crippen LogP contribution in [0.2, 0.25) is 15.1 Å². The first-order valence-corrected chi connectivity index (χ1v) is 15.9. The maximum Gasteiger partial charge on any atom is 0.264 e. The zero-order valence-electron chi connectivity index (χ0n) is 23.8. The molecule has 0 aliphatic rings. The van der Waals surface area contributed by atoms with Gasteiger partial charge in [-0.25, -0.2) is 8.42 Å². The number of hydrogen-bond donors (Lipinski definition) is 1. The number of benzene rings is 3. The molecule has 0 aliphatic carbocycles. The standard InChI is InChI=1S/C30H34Cl3N3O5S/c1-5-20(3)34-30(38)26(6-2)35(18-21-12-14-24(32)25(33)16-21)29(37)19-36(27-17-22(31)13-15-28(27)41-4)42(39,40)23-10-8-7-9-11-23/h7-17,20,26H,5-6,18-19H2,1-4H3,(H,34,38)/t20-,26+/m0/s1. The van der Waals surface area contributed by atoms with Crippen molar-refractivity contribution < 1.29 is 22.7 Å². The van der Waals surface area contributed by atoms with Crippen molar-refractivity contribution in [3.63, 3.8) is 0 Å². The lowest BCUT2D eigenvalue weighted by atomic mass is 10.1. The molecule has 3 aromatic carbocycles. The number of ether oxygens (including phenoxy) is 1. The van der Waals surface area contributed by atoms with E-state index in [2.05, 4.69) is 5.32 Å². The number of anilines is 1. The van der Waals surface area contributed by atoms with Crippen molar-refractivity contribution in [3.05, 3.63) is 87.4 Å². The third-order valence-corrected chi connectivity index (χ3v) is 9.49. The van der Waals surface area contributed by atoms with Crippen molar-refractivity contribution in [1.29, 1.82) is 0 Å². The first-order chi connectivity index (χ1) is 19.9. The third-order valence-electron chi connectivity index (χ3n) is 6.74. The average molecular weight is 655 g/mol. The predicted molar refractivity (Wildman–Crippen MR) is 168 cm³/mol. The van der Waals surface area contributed by atoms with Gasteiger partial charge < -0.3 is 15.0 Å². The number of amides is 2. The van der Waals surface area contributed by atoms with Crippen LogP contribution in [0.15, 0.2) is 71.6 Å². The lowest BCUT2D eigenvalue weighted by molar-refractivity contribution is -0.140. The lowest BCUT2D eigenvalue weighted by Gasteiger charge is -2.34. The number of hydrogen-bond acceptors (Lipinski definition) is 5. The maximum atomic E-state index is 14.2. The number of nitrogens with one attached hydrogen (secondary N) is 1. The smallest absolute Gasteiger partial charge is 0.264 e. The zero-order chi connectivity index (χ0) is 31.0. The Labute approximate surface area is 262 Å². The monoisotopic (exact) mass is 653 g/mol. The number of carbonyl (C=O) groups is 2. The fourth-order valence-corrected chi connectivity index (χ4v) is 6.21. The van der Waals surface area contributed by atoms with Crippen LogP contribution in [0.25, 0.3) is 0 Å². The molecule has 2 atom stereocenters. The van der Waals surface area contributed by atoms with Crippen molar-refractivity contribution in [2.75, 3.05) is 18.0 Å². The zero-order valence-corrected chi connectivity index (χ0v) is 26.9. The Hall–Kier alpha value is -2.98. The molecule has 8 nitrogen and oxygen atoms in total. The molecule has 12 heteroatoms. The van der Waals surface area contributed by atoms with Gasteiger partial charge in [-0.05, 0) is 67.8 Å². The second-order valence-corrected chi connectivity index (χ2v) is 12.8. The van der Waals surface area contributed by atoms with Crippen LogP contribution in [0.5, 0.6) is 5.75 Å². The van der Waals surface area contributed by atoms with Crippen molar-refractivity contribution in [2.24, 2.45) is 0 Å². The fraction of sp³-hybridized carbons (Fsp3) is 0.333. The predicted octanol–water partition coefficient (Wildman–Crippen LogP) is 6.57. The molecule has 0 saturated carbocycles. The highest BCUT2D eigenvalue weighted by atomic mass is 35.5. The fourth-order valence-electron chi connectivity index (χ4n) is 4.29. The van der Waals surface area contributed by atoms with Gasteiger partial charge in [-0.15, -0.1) is 0 Å². The van der Waals surface area contributed by atoms with Gasteiger partial charge in [-0.3, -0.25) is 13.9 Å². The molecule has 0 spiro atoms. The van der Waals surface area contributed by atoms with E-state index in [-0.39, 0.29) is 51.3 Å². The molecule has 0 fully saturated rings. The van der Waals surface area contributed by atoms with Gasteiger partial charge >= 0.3 is 0 Å². The SMILES string of the molecule is CC[C@H](C(=O)N[C@@H](C)CC)N(Cc1ccc(Cl)c(Cl)c1)C(=O)CN(c1cc(Cl)ccc1OC)S(=O)(=O)c1ccccc1. The van der Waals surface area contributed by atoms with E-state index in [4.69, 9.17) is 39.5 Å². The van der Waals surface area contributed by atoms with E-state index in [0.29, 0.717) is 17.0 Å². The molecule has 0 bridgehead atoms. The summed E-state index contributed by atoms with van der Waals surface area (Å²) in [6.45, 7) is 4.94.